The largest absolute Gasteiger partial charge is 0.481 e. The van der Waals surface area contributed by atoms with Crippen LogP contribution in [0.5, 0.6) is 0 Å². The molecule has 0 amide bonds. The lowest BCUT2D eigenvalue weighted by Gasteiger charge is -2.32. The lowest BCUT2D eigenvalue weighted by Crippen LogP contribution is -2.36. The third kappa shape index (κ3) is 0.842. The minimum Gasteiger partial charge on any atom is -0.481 e. The Morgan fingerprint density at radius 2 is 1.93 bits per heavy atom. The van der Waals surface area contributed by atoms with Gasteiger partial charge in [-0.3, -0.25) is 4.79 Å². The van der Waals surface area contributed by atoms with Crippen LogP contribution in [0.15, 0.2) is 12.2 Å². The first-order valence-corrected chi connectivity index (χ1v) is 5.82. The van der Waals surface area contributed by atoms with E-state index in [0.717, 1.165) is 12.8 Å². The van der Waals surface area contributed by atoms with Crippen molar-refractivity contribution in [3.05, 3.63) is 12.2 Å². The van der Waals surface area contributed by atoms with Crippen LogP contribution in [-0.2, 0) is 9.53 Å². The van der Waals surface area contributed by atoms with Crippen LogP contribution in [0.2, 0.25) is 0 Å². The van der Waals surface area contributed by atoms with E-state index < -0.39 is 5.97 Å². The summed E-state index contributed by atoms with van der Waals surface area (Å²) in [5, 5.41) is 9.17. The molecule has 2 aliphatic heterocycles. The highest BCUT2D eigenvalue weighted by Gasteiger charge is 2.63. The molecule has 15 heavy (non-hydrogen) atoms. The van der Waals surface area contributed by atoms with Gasteiger partial charge in [-0.1, -0.05) is 12.2 Å². The molecule has 7 atom stereocenters. The second-order valence-electron chi connectivity index (χ2n) is 5.44. The average molecular weight is 206 g/mol. The number of ether oxygens (including phenoxy) is 1. The van der Waals surface area contributed by atoms with Crippen molar-refractivity contribution in [1.82, 2.24) is 0 Å². The van der Waals surface area contributed by atoms with Gasteiger partial charge in [0.2, 0.25) is 0 Å². The quantitative estimate of drug-likeness (QED) is 0.658. The topological polar surface area (TPSA) is 46.5 Å². The predicted octanol–water partition coefficient (Wildman–Crippen LogP) is 1.30. The predicted molar refractivity (Wildman–Crippen MR) is 52.1 cm³/mol. The summed E-state index contributed by atoms with van der Waals surface area (Å²) in [5.74, 6) is 1.47. The summed E-state index contributed by atoms with van der Waals surface area (Å²) in [5.41, 5.74) is 0. The second kappa shape index (κ2) is 2.46. The first kappa shape index (κ1) is 8.34. The molecule has 0 spiro atoms. The van der Waals surface area contributed by atoms with E-state index in [9.17, 15) is 4.79 Å². The Hall–Kier alpha value is -0.830. The Morgan fingerprint density at radius 3 is 2.67 bits per heavy atom. The first-order chi connectivity index (χ1) is 7.25. The van der Waals surface area contributed by atoms with E-state index in [2.05, 4.69) is 12.2 Å². The van der Waals surface area contributed by atoms with Gasteiger partial charge < -0.3 is 9.84 Å². The maximum Gasteiger partial charge on any atom is 0.306 e. The van der Waals surface area contributed by atoms with Gasteiger partial charge in [-0.2, -0.15) is 0 Å². The zero-order valence-corrected chi connectivity index (χ0v) is 8.37. The minimum atomic E-state index is -0.590. The van der Waals surface area contributed by atoms with Crippen LogP contribution in [0.25, 0.3) is 0 Å². The van der Waals surface area contributed by atoms with Gasteiger partial charge in [0.25, 0.3) is 0 Å². The van der Waals surface area contributed by atoms with Crippen LogP contribution in [0.4, 0.5) is 0 Å². The number of hydrogen-bond donors (Lipinski definition) is 1. The number of fused-ring (bicyclic) bond motifs is 9. The van der Waals surface area contributed by atoms with Crippen molar-refractivity contribution in [1.29, 1.82) is 0 Å². The van der Waals surface area contributed by atoms with Crippen molar-refractivity contribution in [2.45, 2.75) is 25.0 Å². The maximum absolute atomic E-state index is 11.1. The molecule has 2 heterocycles. The lowest BCUT2D eigenvalue weighted by molar-refractivity contribution is -0.144. The molecule has 3 nitrogen and oxygen atoms in total. The van der Waals surface area contributed by atoms with Crippen LogP contribution in [0.3, 0.4) is 0 Å². The van der Waals surface area contributed by atoms with Crippen LogP contribution >= 0.6 is 0 Å². The standard InChI is InChI=1S/C12H14O3/c13-12(14)7-4-5-3-6(7)11-9-2-1-8(15-9)10(5)11/h1-2,5-11H,3-4H2,(H,13,14)/t5-,6+,7?,8+,9?,10?,11?/m1/s1. The molecule has 1 saturated heterocycles. The molecule has 2 aliphatic carbocycles. The monoisotopic (exact) mass is 206 g/mol. The molecule has 4 unspecified atom stereocenters. The average Bonchev–Trinajstić information content (AvgIpc) is 2.95. The van der Waals surface area contributed by atoms with E-state index in [0.29, 0.717) is 29.8 Å². The van der Waals surface area contributed by atoms with Crippen LogP contribution in [0, 0.1) is 29.6 Å². The SMILES string of the molecule is O=C(O)C1C[C@H]2C[C@@H]1C1C3C=C[C@H](O3)C12. The van der Waals surface area contributed by atoms with E-state index in [4.69, 9.17) is 9.84 Å². The molecule has 0 aromatic carbocycles. The highest BCUT2D eigenvalue weighted by Crippen LogP contribution is 2.62. The number of carboxylic acids is 1. The van der Waals surface area contributed by atoms with Crippen LogP contribution < -0.4 is 0 Å². The normalized spacial score (nSPS) is 58.8. The third-order valence-electron chi connectivity index (χ3n) is 5.01. The van der Waals surface area contributed by atoms with E-state index in [1.807, 2.05) is 0 Å². The molecular weight excluding hydrogens is 192 g/mol. The number of carboxylic acid groups (broad SMARTS) is 1. The molecule has 1 N–H and O–H groups in total. The van der Waals surface area contributed by atoms with Gasteiger partial charge in [0.15, 0.2) is 0 Å². The van der Waals surface area contributed by atoms with Crippen molar-refractivity contribution in [2.75, 3.05) is 0 Å². The van der Waals surface area contributed by atoms with Gasteiger partial charge in [0, 0.05) is 0 Å². The maximum atomic E-state index is 11.1. The zero-order chi connectivity index (χ0) is 10.2. The van der Waals surface area contributed by atoms with Crippen molar-refractivity contribution >= 4 is 5.97 Å². The fraction of sp³-hybridized carbons (Fsp3) is 0.750. The summed E-state index contributed by atoms with van der Waals surface area (Å²) in [7, 11) is 0. The van der Waals surface area contributed by atoms with E-state index in [1.165, 1.54) is 0 Å². The molecule has 0 radical (unpaired) electrons. The zero-order valence-electron chi connectivity index (χ0n) is 8.37. The molecule has 4 aliphatic rings. The Morgan fingerprint density at radius 1 is 1.20 bits per heavy atom. The molecule has 3 heteroatoms. The van der Waals surface area contributed by atoms with Gasteiger partial charge in [-0.05, 0) is 36.5 Å². The Kier molecular flexibility index (Phi) is 1.37. The smallest absolute Gasteiger partial charge is 0.306 e. The number of carbonyl (C=O) groups is 1. The number of hydrogen-bond acceptors (Lipinski definition) is 2. The third-order valence-corrected chi connectivity index (χ3v) is 5.01. The van der Waals surface area contributed by atoms with Crippen molar-refractivity contribution in [3.63, 3.8) is 0 Å². The molecule has 4 rings (SSSR count). The molecule has 0 aromatic heterocycles. The molecular formula is C12H14O3. The molecule has 0 aromatic rings. The van der Waals surface area contributed by atoms with E-state index in [1.54, 1.807) is 0 Å². The van der Waals surface area contributed by atoms with E-state index in [-0.39, 0.29) is 12.0 Å². The molecule has 3 fully saturated rings. The molecule has 4 bridgehead atoms. The van der Waals surface area contributed by atoms with Crippen LogP contribution in [-0.4, -0.2) is 23.3 Å². The van der Waals surface area contributed by atoms with Gasteiger partial charge in [-0.25, -0.2) is 0 Å². The van der Waals surface area contributed by atoms with Gasteiger partial charge in [0.05, 0.1) is 18.1 Å². The van der Waals surface area contributed by atoms with Gasteiger partial charge >= 0.3 is 5.97 Å². The van der Waals surface area contributed by atoms with Crippen LogP contribution in [0.1, 0.15) is 12.8 Å². The lowest BCUT2D eigenvalue weighted by atomic mass is 9.69. The Bertz CT molecular complexity index is 362. The summed E-state index contributed by atoms with van der Waals surface area (Å²) in [4.78, 5) is 11.1. The number of aliphatic carboxylic acids is 1. The molecule has 2 saturated carbocycles. The fourth-order valence-corrected chi connectivity index (χ4v) is 4.61. The summed E-state index contributed by atoms with van der Waals surface area (Å²) in [6.45, 7) is 0. The summed E-state index contributed by atoms with van der Waals surface area (Å²) in [6, 6.07) is 0. The summed E-state index contributed by atoms with van der Waals surface area (Å²) in [6.07, 6.45) is 6.89. The highest BCUT2D eigenvalue weighted by atomic mass is 16.5. The van der Waals surface area contributed by atoms with Crippen molar-refractivity contribution < 1.29 is 14.6 Å². The number of rotatable bonds is 1. The first-order valence-electron chi connectivity index (χ1n) is 5.82. The van der Waals surface area contributed by atoms with Gasteiger partial charge in [-0.15, -0.1) is 0 Å². The van der Waals surface area contributed by atoms with Crippen molar-refractivity contribution in [2.24, 2.45) is 29.6 Å². The van der Waals surface area contributed by atoms with Gasteiger partial charge in [0.1, 0.15) is 0 Å². The summed E-state index contributed by atoms with van der Waals surface area (Å²) < 4.78 is 5.84. The second-order valence-corrected chi connectivity index (χ2v) is 5.44. The van der Waals surface area contributed by atoms with E-state index >= 15 is 0 Å². The minimum absolute atomic E-state index is 0.0902. The Labute approximate surface area is 88.1 Å². The highest BCUT2D eigenvalue weighted by molar-refractivity contribution is 5.71. The fourth-order valence-electron chi connectivity index (χ4n) is 4.61. The van der Waals surface area contributed by atoms with Crippen molar-refractivity contribution in [3.8, 4) is 0 Å². The summed E-state index contributed by atoms with van der Waals surface area (Å²) >= 11 is 0. The molecule has 80 valence electrons. The Balaban J connectivity index is 1.71.